The molecule has 0 radical (unpaired) electrons. The Bertz CT molecular complexity index is 798. The van der Waals surface area contributed by atoms with Crippen LogP contribution in [-0.4, -0.2) is 47.0 Å². The van der Waals surface area contributed by atoms with Gasteiger partial charge in [-0.05, 0) is 12.5 Å². The maximum Gasteiger partial charge on any atom is 0.252 e. The van der Waals surface area contributed by atoms with E-state index in [-0.39, 0.29) is 19.8 Å². The van der Waals surface area contributed by atoms with Crippen molar-refractivity contribution < 1.29 is 19.1 Å². The monoisotopic (exact) mass is 359 g/mol. The van der Waals surface area contributed by atoms with E-state index in [0.717, 1.165) is 16.8 Å². The fraction of sp³-hybridized carbons (Fsp3) is 0.294. The summed E-state index contributed by atoms with van der Waals surface area (Å²) in [5.41, 5.74) is 7.89. The van der Waals surface area contributed by atoms with Gasteiger partial charge in [0.2, 0.25) is 17.8 Å². The molecule has 0 spiro atoms. The maximum atomic E-state index is 11.9. The van der Waals surface area contributed by atoms with Crippen LogP contribution in [-0.2, 0) is 26.2 Å². The van der Waals surface area contributed by atoms with Gasteiger partial charge in [-0.2, -0.15) is 0 Å². The molecule has 2 aromatic rings. The smallest absolute Gasteiger partial charge is 0.252 e. The number of benzene rings is 1. The molecular formula is C17H21N5O4. The lowest BCUT2D eigenvalue weighted by atomic mass is 10.1. The van der Waals surface area contributed by atoms with Crippen LogP contribution in [0.15, 0.2) is 30.5 Å². The first-order chi connectivity index (χ1) is 12.4. The Labute approximate surface area is 150 Å². The van der Waals surface area contributed by atoms with E-state index in [1.807, 2.05) is 31.2 Å². The van der Waals surface area contributed by atoms with Crippen molar-refractivity contribution in [2.24, 2.45) is 12.8 Å². The van der Waals surface area contributed by atoms with Gasteiger partial charge in [-0.25, -0.2) is 4.98 Å². The zero-order valence-corrected chi connectivity index (χ0v) is 14.6. The normalized spacial score (nSPS) is 10.4. The molecule has 0 saturated heterocycles. The first-order valence-corrected chi connectivity index (χ1v) is 7.88. The number of anilines is 1. The summed E-state index contributed by atoms with van der Waals surface area (Å²) in [6, 6.07) is 7.95. The number of ether oxygens (including phenoxy) is 1. The van der Waals surface area contributed by atoms with E-state index in [9.17, 15) is 14.4 Å². The van der Waals surface area contributed by atoms with Crippen molar-refractivity contribution in [3.05, 3.63) is 36.0 Å². The van der Waals surface area contributed by atoms with Crippen LogP contribution in [0, 0.1) is 6.92 Å². The number of carbonyl (C=O) groups excluding carboxylic acids is 3. The van der Waals surface area contributed by atoms with E-state index in [1.54, 1.807) is 17.8 Å². The van der Waals surface area contributed by atoms with Gasteiger partial charge in [0, 0.05) is 7.05 Å². The zero-order valence-electron chi connectivity index (χ0n) is 14.6. The summed E-state index contributed by atoms with van der Waals surface area (Å²) < 4.78 is 6.75. The lowest BCUT2D eigenvalue weighted by Crippen LogP contribution is -2.36. The molecule has 0 unspecified atom stereocenters. The molecule has 0 fully saturated rings. The Balaban J connectivity index is 1.85. The Morgan fingerprint density at radius 1 is 1.15 bits per heavy atom. The van der Waals surface area contributed by atoms with Crippen molar-refractivity contribution in [3.8, 4) is 11.3 Å². The summed E-state index contributed by atoms with van der Waals surface area (Å²) in [6.45, 7) is 1.06. The largest absolute Gasteiger partial charge is 0.368 e. The van der Waals surface area contributed by atoms with E-state index in [1.165, 1.54) is 0 Å². The van der Waals surface area contributed by atoms with E-state index < -0.39 is 17.7 Å². The number of nitrogens with one attached hydrogen (secondary N) is 2. The van der Waals surface area contributed by atoms with E-state index >= 15 is 0 Å². The molecule has 1 heterocycles. The van der Waals surface area contributed by atoms with Gasteiger partial charge in [-0.15, -0.1) is 0 Å². The minimum atomic E-state index is -0.657. The molecule has 0 aliphatic heterocycles. The van der Waals surface area contributed by atoms with Gasteiger partial charge < -0.3 is 20.4 Å². The number of hydrogen-bond donors (Lipinski definition) is 3. The maximum absolute atomic E-state index is 11.9. The van der Waals surface area contributed by atoms with Crippen LogP contribution < -0.4 is 16.4 Å². The van der Waals surface area contributed by atoms with E-state index in [0.29, 0.717) is 5.95 Å². The van der Waals surface area contributed by atoms with E-state index in [4.69, 9.17) is 10.5 Å². The highest BCUT2D eigenvalue weighted by atomic mass is 16.5. The van der Waals surface area contributed by atoms with Crippen molar-refractivity contribution >= 4 is 23.7 Å². The van der Waals surface area contributed by atoms with Crippen molar-refractivity contribution in [3.63, 3.8) is 0 Å². The molecule has 9 heteroatoms. The van der Waals surface area contributed by atoms with Crippen LogP contribution in [0.2, 0.25) is 0 Å². The molecular weight excluding hydrogens is 338 g/mol. The third kappa shape index (κ3) is 5.42. The van der Waals surface area contributed by atoms with Crippen LogP contribution in [0.3, 0.4) is 0 Å². The SMILES string of the molecule is Cc1ccc(-c2cnc(NC(=O)COCC(=O)NCC(N)=O)n2C)cc1. The number of imidazole rings is 1. The Hall–Kier alpha value is -3.20. The molecule has 0 atom stereocenters. The second-order valence-corrected chi connectivity index (χ2v) is 5.68. The minimum absolute atomic E-state index is 0.274. The summed E-state index contributed by atoms with van der Waals surface area (Å²) in [6.07, 6.45) is 1.67. The summed E-state index contributed by atoms with van der Waals surface area (Å²) in [5.74, 6) is -1.27. The molecule has 4 N–H and O–H groups in total. The third-order valence-electron chi connectivity index (χ3n) is 3.51. The zero-order chi connectivity index (χ0) is 19.1. The average Bonchev–Trinajstić information content (AvgIpc) is 2.94. The molecule has 0 aliphatic rings. The summed E-state index contributed by atoms with van der Waals surface area (Å²) in [5, 5.41) is 4.87. The number of hydrogen-bond acceptors (Lipinski definition) is 5. The van der Waals surface area contributed by atoms with Crippen LogP contribution in [0.1, 0.15) is 5.56 Å². The standard InChI is InChI=1S/C17H21N5O4/c1-11-3-5-12(6-4-11)13-7-20-17(22(13)2)21-16(25)10-26-9-15(24)19-8-14(18)23/h3-7H,8-10H2,1-2H3,(H2,18,23)(H,19,24)(H,20,21,25). The van der Waals surface area contributed by atoms with Crippen LogP contribution in [0.4, 0.5) is 5.95 Å². The summed E-state index contributed by atoms with van der Waals surface area (Å²) in [7, 11) is 1.79. The number of rotatable bonds is 8. The summed E-state index contributed by atoms with van der Waals surface area (Å²) in [4.78, 5) is 38.0. The predicted octanol–water partition coefficient (Wildman–Crippen LogP) is -0.0479. The lowest BCUT2D eigenvalue weighted by Gasteiger charge is -2.08. The number of nitrogens with two attached hydrogens (primary N) is 1. The van der Waals surface area contributed by atoms with Crippen LogP contribution in [0.25, 0.3) is 11.3 Å². The minimum Gasteiger partial charge on any atom is -0.368 e. The molecule has 26 heavy (non-hydrogen) atoms. The second-order valence-electron chi connectivity index (χ2n) is 5.68. The number of nitrogens with zero attached hydrogens (tertiary/aromatic N) is 2. The Morgan fingerprint density at radius 3 is 2.46 bits per heavy atom. The van der Waals surface area contributed by atoms with Crippen LogP contribution >= 0.6 is 0 Å². The number of aryl methyl sites for hydroxylation is 1. The first-order valence-electron chi connectivity index (χ1n) is 7.88. The highest BCUT2D eigenvalue weighted by Crippen LogP contribution is 2.22. The van der Waals surface area contributed by atoms with Gasteiger partial charge in [0.15, 0.2) is 0 Å². The highest BCUT2D eigenvalue weighted by molar-refractivity contribution is 5.91. The second kappa shape index (κ2) is 8.77. The molecule has 1 aromatic carbocycles. The molecule has 3 amide bonds. The molecule has 9 nitrogen and oxygen atoms in total. The molecule has 1 aromatic heterocycles. The third-order valence-corrected chi connectivity index (χ3v) is 3.51. The fourth-order valence-corrected chi connectivity index (χ4v) is 2.15. The number of amides is 3. The van der Waals surface area contributed by atoms with E-state index in [2.05, 4.69) is 15.6 Å². The first kappa shape index (κ1) is 19.1. The average molecular weight is 359 g/mol. The molecule has 0 saturated carbocycles. The number of carbonyl (C=O) groups is 3. The van der Waals surface area contributed by atoms with Crippen molar-refractivity contribution in [1.82, 2.24) is 14.9 Å². The molecule has 2 rings (SSSR count). The van der Waals surface area contributed by atoms with Crippen molar-refractivity contribution in [1.29, 1.82) is 0 Å². The quantitative estimate of drug-likeness (QED) is 0.609. The van der Waals surface area contributed by atoms with Gasteiger partial charge in [-0.3, -0.25) is 19.7 Å². The highest BCUT2D eigenvalue weighted by Gasteiger charge is 2.12. The number of aromatic nitrogens is 2. The van der Waals surface area contributed by atoms with Gasteiger partial charge in [0.05, 0.1) is 18.4 Å². The summed E-state index contributed by atoms with van der Waals surface area (Å²) >= 11 is 0. The molecule has 0 aliphatic carbocycles. The predicted molar refractivity (Wildman–Crippen MR) is 95.0 cm³/mol. The Morgan fingerprint density at radius 2 is 1.81 bits per heavy atom. The fourth-order valence-electron chi connectivity index (χ4n) is 2.15. The molecule has 0 bridgehead atoms. The lowest BCUT2D eigenvalue weighted by molar-refractivity contribution is -0.130. The van der Waals surface area contributed by atoms with Gasteiger partial charge in [-0.1, -0.05) is 29.8 Å². The van der Waals surface area contributed by atoms with Gasteiger partial charge in [0.25, 0.3) is 5.91 Å². The van der Waals surface area contributed by atoms with Gasteiger partial charge in [0.1, 0.15) is 13.2 Å². The molecule has 138 valence electrons. The Kier molecular flexibility index (Phi) is 6.45. The van der Waals surface area contributed by atoms with Crippen molar-refractivity contribution in [2.75, 3.05) is 25.1 Å². The van der Waals surface area contributed by atoms with Crippen LogP contribution in [0.5, 0.6) is 0 Å². The number of primary amides is 1. The van der Waals surface area contributed by atoms with Gasteiger partial charge >= 0.3 is 0 Å². The van der Waals surface area contributed by atoms with Crippen molar-refractivity contribution in [2.45, 2.75) is 6.92 Å². The topological polar surface area (TPSA) is 128 Å².